The lowest BCUT2D eigenvalue weighted by molar-refractivity contribution is 0.206. The van der Waals surface area contributed by atoms with Crippen LogP contribution in [-0.4, -0.2) is 57.8 Å². The van der Waals surface area contributed by atoms with E-state index in [1.54, 1.807) is 6.33 Å². The molecule has 6 heteroatoms. The number of nitrogens with one attached hydrogen (secondary N) is 1. The molecule has 1 saturated heterocycles. The lowest BCUT2D eigenvalue weighted by Crippen LogP contribution is -2.45. The van der Waals surface area contributed by atoms with Gasteiger partial charge in [0.1, 0.15) is 6.33 Å². The summed E-state index contributed by atoms with van der Waals surface area (Å²) in [5.41, 5.74) is 0. The van der Waals surface area contributed by atoms with Crippen LogP contribution in [0.15, 0.2) is 6.33 Å². The molecule has 78 valence electrons. The molecule has 2 rings (SSSR count). The normalized spacial score (nSPS) is 20.9. The first-order valence-corrected chi connectivity index (χ1v) is 5.02. The van der Waals surface area contributed by atoms with E-state index in [0.717, 1.165) is 32.7 Å². The molecular weight excluding hydrogens is 180 g/mol. The van der Waals surface area contributed by atoms with Crippen LogP contribution in [0.25, 0.3) is 0 Å². The van der Waals surface area contributed by atoms with Gasteiger partial charge in [-0.25, -0.2) is 4.68 Å². The largest absolute Gasteiger partial charge is 0.314 e. The van der Waals surface area contributed by atoms with E-state index in [9.17, 15) is 0 Å². The van der Waals surface area contributed by atoms with Gasteiger partial charge in [0.25, 0.3) is 0 Å². The third-order valence-corrected chi connectivity index (χ3v) is 2.55. The molecule has 1 N–H and O–H groups in total. The van der Waals surface area contributed by atoms with Gasteiger partial charge >= 0.3 is 0 Å². The third kappa shape index (κ3) is 2.27. The van der Waals surface area contributed by atoms with Crippen molar-refractivity contribution < 1.29 is 0 Å². The molecule has 6 nitrogen and oxygen atoms in total. The summed E-state index contributed by atoms with van der Waals surface area (Å²) in [5.74, 6) is 0. The fraction of sp³-hybridized carbons (Fsp3) is 0.875. The molecule has 0 aliphatic carbocycles. The van der Waals surface area contributed by atoms with E-state index in [0.29, 0.717) is 6.04 Å². The molecule has 1 aromatic rings. The molecule has 1 aliphatic heterocycles. The summed E-state index contributed by atoms with van der Waals surface area (Å²) in [7, 11) is 0. The van der Waals surface area contributed by atoms with Gasteiger partial charge in [0.05, 0.1) is 6.04 Å². The minimum absolute atomic E-state index is 0.350. The molecule has 14 heavy (non-hydrogen) atoms. The van der Waals surface area contributed by atoms with Crippen LogP contribution in [0.4, 0.5) is 0 Å². The maximum atomic E-state index is 3.89. The van der Waals surface area contributed by atoms with Gasteiger partial charge in [0, 0.05) is 32.7 Å². The lowest BCUT2D eigenvalue weighted by Gasteiger charge is -2.29. The van der Waals surface area contributed by atoms with Gasteiger partial charge in [-0.1, -0.05) is 0 Å². The molecule has 1 atom stereocenters. The molecule has 1 unspecified atom stereocenters. The van der Waals surface area contributed by atoms with Gasteiger partial charge in [0.2, 0.25) is 0 Å². The Morgan fingerprint density at radius 3 is 2.86 bits per heavy atom. The minimum atomic E-state index is 0.350. The number of rotatable bonds is 3. The van der Waals surface area contributed by atoms with Crippen LogP contribution in [0.1, 0.15) is 13.0 Å². The summed E-state index contributed by atoms with van der Waals surface area (Å²) in [5, 5.41) is 14.5. The van der Waals surface area contributed by atoms with Crippen molar-refractivity contribution in [2.24, 2.45) is 0 Å². The van der Waals surface area contributed by atoms with E-state index in [-0.39, 0.29) is 0 Å². The Kier molecular flexibility index (Phi) is 3.05. The lowest BCUT2D eigenvalue weighted by atomic mass is 10.3. The number of hydrogen-bond donors (Lipinski definition) is 1. The van der Waals surface area contributed by atoms with Crippen LogP contribution < -0.4 is 5.32 Å². The molecular formula is C8H16N6. The number of piperazine rings is 1. The van der Waals surface area contributed by atoms with E-state index in [2.05, 4.69) is 32.7 Å². The zero-order valence-electron chi connectivity index (χ0n) is 8.43. The van der Waals surface area contributed by atoms with Gasteiger partial charge < -0.3 is 5.32 Å². The molecule has 0 amide bonds. The van der Waals surface area contributed by atoms with Crippen LogP contribution in [0.5, 0.6) is 0 Å². The van der Waals surface area contributed by atoms with Crippen LogP contribution in [0.3, 0.4) is 0 Å². The quantitative estimate of drug-likeness (QED) is 0.681. The van der Waals surface area contributed by atoms with E-state index in [4.69, 9.17) is 0 Å². The second-order valence-corrected chi connectivity index (χ2v) is 3.69. The molecule has 1 fully saturated rings. The molecule has 2 heterocycles. The SMILES string of the molecule is CC(CN1CCNCC1)n1cnnn1. The summed E-state index contributed by atoms with van der Waals surface area (Å²) in [6, 6.07) is 0.350. The van der Waals surface area contributed by atoms with Crippen molar-refractivity contribution in [2.45, 2.75) is 13.0 Å². The first kappa shape index (κ1) is 9.54. The predicted octanol–water partition coefficient (Wildman–Crippen LogP) is -0.861. The van der Waals surface area contributed by atoms with Crippen LogP contribution in [-0.2, 0) is 0 Å². The molecule has 0 saturated carbocycles. The van der Waals surface area contributed by atoms with E-state index in [1.165, 1.54) is 0 Å². The summed E-state index contributed by atoms with van der Waals surface area (Å²) in [6.45, 7) is 7.56. The van der Waals surface area contributed by atoms with Crippen molar-refractivity contribution in [1.29, 1.82) is 0 Å². The Labute approximate surface area is 83.3 Å². The molecule has 1 aromatic heterocycles. The second kappa shape index (κ2) is 4.47. The highest BCUT2D eigenvalue weighted by Crippen LogP contribution is 2.05. The van der Waals surface area contributed by atoms with Gasteiger partial charge in [-0.15, -0.1) is 5.10 Å². The van der Waals surface area contributed by atoms with Gasteiger partial charge in [-0.3, -0.25) is 4.90 Å². The van der Waals surface area contributed by atoms with Crippen molar-refractivity contribution in [3.05, 3.63) is 6.33 Å². The van der Waals surface area contributed by atoms with Crippen LogP contribution in [0, 0.1) is 0 Å². The number of aromatic nitrogens is 4. The predicted molar refractivity (Wildman–Crippen MR) is 51.8 cm³/mol. The van der Waals surface area contributed by atoms with Crippen LogP contribution >= 0.6 is 0 Å². The zero-order chi connectivity index (χ0) is 9.80. The average Bonchev–Trinajstić information content (AvgIpc) is 2.72. The number of nitrogens with zero attached hydrogens (tertiary/aromatic N) is 5. The Hall–Kier alpha value is -1.01. The molecule has 0 aromatic carbocycles. The smallest absolute Gasteiger partial charge is 0.138 e. The Balaban J connectivity index is 1.84. The van der Waals surface area contributed by atoms with E-state index in [1.807, 2.05) is 4.68 Å². The average molecular weight is 196 g/mol. The van der Waals surface area contributed by atoms with Crippen LogP contribution in [0.2, 0.25) is 0 Å². The molecule has 0 radical (unpaired) electrons. The fourth-order valence-corrected chi connectivity index (χ4v) is 1.72. The summed E-state index contributed by atoms with van der Waals surface area (Å²) in [6.07, 6.45) is 1.67. The highest BCUT2D eigenvalue weighted by atomic mass is 15.5. The van der Waals surface area contributed by atoms with Gasteiger partial charge in [0.15, 0.2) is 0 Å². The third-order valence-electron chi connectivity index (χ3n) is 2.55. The number of tetrazole rings is 1. The fourth-order valence-electron chi connectivity index (χ4n) is 1.72. The van der Waals surface area contributed by atoms with Crippen molar-refractivity contribution in [1.82, 2.24) is 30.4 Å². The number of hydrogen-bond acceptors (Lipinski definition) is 5. The first-order valence-electron chi connectivity index (χ1n) is 5.02. The standard InChI is InChI=1S/C8H16N6/c1-8(14-7-10-11-12-14)6-13-4-2-9-3-5-13/h7-9H,2-6H2,1H3. The highest BCUT2D eigenvalue weighted by Gasteiger charge is 2.14. The van der Waals surface area contributed by atoms with E-state index >= 15 is 0 Å². The van der Waals surface area contributed by atoms with Crippen molar-refractivity contribution in [2.75, 3.05) is 32.7 Å². The summed E-state index contributed by atoms with van der Waals surface area (Å²) < 4.78 is 1.81. The summed E-state index contributed by atoms with van der Waals surface area (Å²) in [4.78, 5) is 2.43. The monoisotopic (exact) mass is 196 g/mol. The maximum absolute atomic E-state index is 3.89. The van der Waals surface area contributed by atoms with Crippen molar-refractivity contribution in [3.8, 4) is 0 Å². The molecule has 0 bridgehead atoms. The Bertz CT molecular complexity index is 253. The van der Waals surface area contributed by atoms with Gasteiger partial charge in [-0.05, 0) is 17.4 Å². The zero-order valence-corrected chi connectivity index (χ0v) is 8.43. The maximum Gasteiger partial charge on any atom is 0.138 e. The Morgan fingerprint density at radius 1 is 1.43 bits per heavy atom. The molecule has 1 aliphatic rings. The second-order valence-electron chi connectivity index (χ2n) is 3.69. The molecule has 0 spiro atoms. The Morgan fingerprint density at radius 2 is 2.21 bits per heavy atom. The minimum Gasteiger partial charge on any atom is -0.314 e. The van der Waals surface area contributed by atoms with Crippen molar-refractivity contribution in [3.63, 3.8) is 0 Å². The van der Waals surface area contributed by atoms with E-state index < -0.39 is 0 Å². The highest BCUT2D eigenvalue weighted by molar-refractivity contribution is 4.71. The summed E-state index contributed by atoms with van der Waals surface area (Å²) >= 11 is 0. The van der Waals surface area contributed by atoms with Gasteiger partial charge in [-0.2, -0.15) is 0 Å². The van der Waals surface area contributed by atoms with Crippen molar-refractivity contribution >= 4 is 0 Å². The first-order chi connectivity index (χ1) is 6.86. The topological polar surface area (TPSA) is 58.9 Å².